The van der Waals surface area contributed by atoms with Crippen molar-refractivity contribution in [2.24, 2.45) is 0 Å². The van der Waals surface area contributed by atoms with Gasteiger partial charge in [-0.05, 0) is 46.5 Å². The van der Waals surface area contributed by atoms with Crippen LogP contribution in [0.3, 0.4) is 0 Å². The first-order valence-electron chi connectivity index (χ1n) is 11.4. The summed E-state index contributed by atoms with van der Waals surface area (Å²) in [5.41, 5.74) is 1.21. The number of pyridine rings is 1. The van der Waals surface area contributed by atoms with Crippen molar-refractivity contribution in [3.63, 3.8) is 0 Å². The van der Waals surface area contributed by atoms with Gasteiger partial charge in [0.1, 0.15) is 11.3 Å². The molecule has 0 fully saturated rings. The van der Waals surface area contributed by atoms with Crippen LogP contribution in [0.4, 0.5) is 26.1 Å². The van der Waals surface area contributed by atoms with Crippen LogP contribution in [0, 0.1) is 0 Å². The molecule has 0 saturated heterocycles. The van der Waals surface area contributed by atoms with Crippen molar-refractivity contribution in [2.75, 3.05) is 43.1 Å². The van der Waals surface area contributed by atoms with Gasteiger partial charge in [0.2, 0.25) is 0 Å². The molecular weight excluding hydrogens is 514 g/mol. The standard InChI is InChI=1S/C24H31N7O4S2/c1-24(2,3)35-23(34)28-19-15-36-14-18(19)27-20(32)17-7-6-16(12-26-17)13-31(10-9-30(4)5)22(33)29-21-25-8-11-37-21/h6-8,11-12,14-15H,9-10,13H2,1-5H3,(H,27,32)(H,28,34)(H,25,29,33). The molecular formula is C24H31N7O4S2. The van der Waals surface area contributed by atoms with Crippen LogP contribution >= 0.6 is 22.7 Å². The minimum atomic E-state index is -0.640. The van der Waals surface area contributed by atoms with Gasteiger partial charge >= 0.3 is 12.1 Å². The molecule has 3 aromatic heterocycles. The number of hydrogen-bond acceptors (Lipinski definition) is 9. The Labute approximate surface area is 223 Å². The van der Waals surface area contributed by atoms with Crippen LogP contribution in [-0.4, -0.2) is 70.6 Å². The first kappa shape index (κ1) is 28.0. The molecule has 37 heavy (non-hydrogen) atoms. The molecule has 3 N–H and O–H groups in total. The maximum absolute atomic E-state index is 12.8. The number of rotatable bonds is 9. The number of hydrogen-bond donors (Lipinski definition) is 3. The van der Waals surface area contributed by atoms with Gasteiger partial charge < -0.3 is 19.9 Å². The molecule has 0 atom stereocenters. The molecule has 3 heterocycles. The number of likely N-dealkylation sites (N-methyl/N-ethyl adjacent to an activating group) is 1. The molecule has 0 unspecified atom stereocenters. The SMILES string of the molecule is CN(C)CCN(Cc1ccc(C(=O)Nc2cscc2NC(=O)OC(C)(C)C)nc1)C(=O)Nc1nccs1. The van der Waals surface area contributed by atoms with Gasteiger partial charge in [-0.3, -0.25) is 20.4 Å². The van der Waals surface area contributed by atoms with Crippen molar-refractivity contribution in [1.29, 1.82) is 0 Å². The predicted octanol–water partition coefficient (Wildman–Crippen LogP) is 4.79. The van der Waals surface area contributed by atoms with Crippen LogP contribution < -0.4 is 16.0 Å². The summed E-state index contributed by atoms with van der Waals surface area (Å²) in [6.07, 6.45) is 2.59. The van der Waals surface area contributed by atoms with E-state index in [1.807, 2.05) is 19.0 Å². The first-order chi connectivity index (χ1) is 17.5. The summed E-state index contributed by atoms with van der Waals surface area (Å²) in [7, 11) is 3.88. The smallest absolute Gasteiger partial charge is 0.412 e. The molecule has 0 saturated carbocycles. The monoisotopic (exact) mass is 545 g/mol. The van der Waals surface area contributed by atoms with Crippen molar-refractivity contribution >= 4 is 57.2 Å². The number of amides is 4. The number of ether oxygens (including phenoxy) is 1. The number of thiazole rings is 1. The zero-order chi connectivity index (χ0) is 27.0. The van der Waals surface area contributed by atoms with Crippen LogP contribution in [0.1, 0.15) is 36.8 Å². The second-order valence-electron chi connectivity index (χ2n) is 9.32. The number of carbonyl (C=O) groups excluding carboxylic acids is 3. The summed E-state index contributed by atoms with van der Waals surface area (Å²) in [4.78, 5) is 49.7. The molecule has 0 aliphatic heterocycles. The van der Waals surface area contributed by atoms with Gasteiger partial charge in [-0.15, -0.1) is 22.7 Å². The van der Waals surface area contributed by atoms with Crippen LogP contribution in [0.2, 0.25) is 0 Å². The van der Waals surface area contributed by atoms with Crippen molar-refractivity contribution in [1.82, 2.24) is 19.8 Å². The van der Waals surface area contributed by atoms with E-state index in [4.69, 9.17) is 4.74 Å². The summed E-state index contributed by atoms with van der Waals surface area (Å²) in [6, 6.07) is 3.09. The first-order valence-corrected chi connectivity index (χ1v) is 13.2. The number of urea groups is 1. The van der Waals surface area contributed by atoms with E-state index in [2.05, 4.69) is 25.9 Å². The van der Waals surface area contributed by atoms with E-state index in [9.17, 15) is 14.4 Å². The molecule has 0 aromatic carbocycles. The van der Waals surface area contributed by atoms with Gasteiger partial charge in [0.05, 0.1) is 11.4 Å². The Morgan fingerprint density at radius 1 is 1.00 bits per heavy atom. The van der Waals surface area contributed by atoms with Crippen LogP contribution in [0.15, 0.2) is 40.7 Å². The molecule has 13 heteroatoms. The van der Waals surface area contributed by atoms with E-state index in [1.165, 1.54) is 22.7 Å². The lowest BCUT2D eigenvalue weighted by Gasteiger charge is -2.24. The summed E-state index contributed by atoms with van der Waals surface area (Å²) in [5.74, 6) is -0.428. The van der Waals surface area contributed by atoms with Gasteiger partial charge in [-0.25, -0.2) is 14.6 Å². The molecule has 0 aliphatic carbocycles. The maximum Gasteiger partial charge on any atom is 0.412 e. The lowest BCUT2D eigenvalue weighted by Crippen LogP contribution is -2.39. The highest BCUT2D eigenvalue weighted by atomic mass is 32.1. The van der Waals surface area contributed by atoms with Crippen molar-refractivity contribution < 1.29 is 19.1 Å². The normalized spacial score (nSPS) is 11.2. The minimum absolute atomic E-state index is 0.199. The zero-order valence-corrected chi connectivity index (χ0v) is 23.0. The molecule has 4 amide bonds. The molecule has 0 radical (unpaired) electrons. The van der Waals surface area contributed by atoms with Gasteiger partial charge in [0.25, 0.3) is 5.91 Å². The fourth-order valence-corrected chi connectivity index (χ4v) is 4.22. The molecule has 0 spiro atoms. The lowest BCUT2D eigenvalue weighted by molar-refractivity contribution is 0.0635. The van der Waals surface area contributed by atoms with E-state index >= 15 is 0 Å². The van der Waals surface area contributed by atoms with Gasteiger partial charge in [0, 0.05) is 48.2 Å². The lowest BCUT2D eigenvalue weighted by atomic mass is 10.2. The Hall–Kier alpha value is -3.55. The fourth-order valence-electron chi connectivity index (χ4n) is 2.99. The van der Waals surface area contributed by atoms with Crippen molar-refractivity contribution in [3.05, 3.63) is 51.9 Å². The summed E-state index contributed by atoms with van der Waals surface area (Å²) < 4.78 is 5.27. The Bertz CT molecular complexity index is 1190. The average Bonchev–Trinajstić information content (AvgIpc) is 3.47. The third-order valence-electron chi connectivity index (χ3n) is 4.73. The van der Waals surface area contributed by atoms with Gasteiger partial charge in [-0.2, -0.15) is 0 Å². The zero-order valence-electron chi connectivity index (χ0n) is 21.4. The summed E-state index contributed by atoms with van der Waals surface area (Å²) in [6.45, 7) is 6.80. The number of carbonyl (C=O) groups is 3. The second kappa shape index (κ2) is 12.6. The van der Waals surface area contributed by atoms with E-state index in [-0.39, 0.29) is 11.7 Å². The fraction of sp³-hybridized carbons (Fsp3) is 0.375. The van der Waals surface area contributed by atoms with Crippen molar-refractivity contribution in [2.45, 2.75) is 32.9 Å². The van der Waals surface area contributed by atoms with Crippen LogP contribution in [0.25, 0.3) is 0 Å². The molecule has 0 bridgehead atoms. The van der Waals surface area contributed by atoms with E-state index in [0.717, 1.165) is 5.56 Å². The highest BCUT2D eigenvalue weighted by molar-refractivity contribution is 7.13. The molecule has 3 aromatic rings. The van der Waals surface area contributed by atoms with Gasteiger partial charge in [0.15, 0.2) is 5.13 Å². The second-order valence-corrected chi connectivity index (χ2v) is 11.0. The summed E-state index contributed by atoms with van der Waals surface area (Å²) in [5, 5.41) is 13.9. The highest BCUT2D eigenvalue weighted by Crippen LogP contribution is 2.27. The van der Waals surface area contributed by atoms with Crippen molar-refractivity contribution in [3.8, 4) is 0 Å². The molecule has 198 valence electrons. The quantitative estimate of drug-likeness (QED) is 0.352. The largest absolute Gasteiger partial charge is 0.444 e. The number of aromatic nitrogens is 2. The van der Waals surface area contributed by atoms with Crippen LogP contribution in [0.5, 0.6) is 0 Å². The average molecular weight is 546 g/mol. The minimum Gasteiger partial charge on any atom is -0.444 e. The Morgan fingerprint density at radius 2 is 1.73 bits per heavy atom. The molecule has 11 nitrogen and oxygen atoms in total. The number of nitrogens with zero attached hydrogens (tertiary/aromatic N) is 4. The Kier molecular flexibility index (Phi) is 9.55. The Balaban J connectivity index is 1.62. The predicted molar refractivity (Wildman–Crippen MR) is 146 cm³/mol. The number of anilines is 3. The van der Waals surface area contributed by atoms with E-state index < -0.39 is 17.6 Å². The topological polar surface area (TPSA) is 129 Å². The third kappa shape index (κ3) is 9.12. The highest BCUT2D eigenvalue weighted by Gasteiger charge is 2.19. The third-order valence-corrected chi connectivity index (χ3v) is 6.16. The summed E-state index contributed by atoms with van der Waals surface area (Å²) >= 11 is 2.67. The van der Waals surface area contributed by atoms with E-state index in [0.29, 0.717) is 36.1 Å². The molecule has 3 rings (SSSR count). The number of thiophene rings is 1. The number of nitrogens with one attached hydrogen (secondary N) is 3. The Morgan fingerprint density at radius 3 is 2.32 bits per heavy atom. The molecule has 0 aliphatic rings. The maximum atomic E-state index is 12.8. The van der Waals surface area contributed by atoms with E-state index in [1.54, 1.807) is 66.3 Å². The van der Waals surface area contributed by atoms with Crippen LogP contribution in [-0.2, 0) is 11.3 Å². The van der Waals surface area contributed by atoms with Gasteiger partial charge in [-0.1, -0.05) is 6.07 Å².